The highest BCUT2D eigenvalue weighted by atomic mass is 32.1. The highest BCUT2D eigenvalue weighted by Crippen LogP contribution is 2.21. The van der Waals surface area contributed by atoms with Crippen molar-refractivity contribution in [3.8, 4) is 0 Å². The molecule has 110 valence electrons. The molecular weight excluding hydrogens is 280 g/mol. The molecule has 1 atom stereocenters. The molecule has 0 aromatic carbocycles. The number of carbonyl (C=O) groups excluding carboxylic acids is 1. The van der Waals surface area contributed by atoms with E-state index in [-0.39, 0.29) is 5.91 Å². The molecule has 2 aromatic rings. The fourth-order valence-corrected chi connectivity index (χ4v) is 3.66. The van der Waals surface area contributed by atoms with E-state index in [1.807, 2.05) is 28.6 Å². The molecule has 3 rings (SSSR count). The van der Waals surface area contributed by atoms with Crippen LogP contribution in [0.5, 0.6) is 0 Å². The Morgan fingerprint density at radius 3 is 3.10 bits per heavy atom. The van der Waals surface area contributed by atoms with Crippen LogP contribution in [0.25, 0.3) is 0 Å². The maximum atomic E-state index is 12.4. The minimum Gasteiger partial charge on any atom is -0.342 e. The van der Waals surface area contributed by atoms with Gasteiger partial charge in [-0.15, -0.1) is 0 Å². The first kappa shape index (κ1) is 14.3. The Bertz CT molecular complexity index is 568. The number of hydrogen-bond acceptors (Lipinski definition) is 3. The van der Waals surface area contributed by atoms with Crippen molar-refractivity contribution >= 4 is 17.2 Å². The maximum Gasteiger partial charge on any atom is 0.227 e. The smallest absolute Gasteiger partial charge is 0.227 e. The quantitative estimate of drug-likeness (QED) is 0.869. The molecule has 0 N–H and O–H groups in total. The Labute approximate surface area is 129 Å². The summed E-state index contributed by atoms with van der Waals surface area (Å²) in [7, 11) is 0. The van der Waals surface area contributed by atoms with Crippen LogP contribution in [-0.2, 0) is 17.6 Å². The molecule has 0 unspecified atom stereocenters. The predicted octanol–water partition coefficient (Wildman–Crippen LogP) is 3.17. The number of rotatable bonds is 4. The Morgan fingerprint density at radius 1 is 1.38 bits per heavy atom. The molecular formula is C17H20N2OS. The Hall–Kier alpha value is -1.68. The molecule has 0 bridgehead atoms. The van der Waals surface area contributed by atoms with Gasteiger partial charge in [0.15, 0.2) is 0 Å². The van der Waals surface area contributed by atoms with Crippen LogP contribution >= 0.6 is 11.3 Å². The summed E-state index contributed by atoms with van der Waals surface area (Å²) in [6, 6.07) is 6.15. The maximum absolute atomic E-state index is 12.4. The molecule has 0 radical (unpaired) electrons. The number of aromatic nitrogens is 1. The monoisotopic (exact) mass is 300 g/mol. The third-order valence-electron chi connectivity index (χ3n) is 4.05. The zero-order chi connectivity index (χ0) is 14.5. The molecule has 3 heterocycles. The van der Waals surface area contributed by atoms with E-state index in [0.717, 1.165) is 31.5 Å². The number of amides is 1. The summed E-state index contributed by atoms with van der Waals surface area (Å²) in [4.78, 5) is 18.6. The molecule has 1 amide bonds. The van der Waals surface area contributed by atoms with E-state index in [2.05, 4.69) is 16.4 Å². The van der Waals surface area contributed by atoms with Gasteiger partial charge in [-0.05, 0) is 59.2 Å². The molecule has 2 aromatic heterocycles. The number of pyridine rings is 1. The molecule has 1 saturated heterocycles. The van der Waals surface area contributed by atoms with Crippen molar-refractivity contribution in [2.24, 2.45) is 5.92 Å². The summed E-state index contributed by atoms with van der Waals surface area (Å²) in [5, 5.41) is 4.10. The molecule has 0 aliphatic carbocycles. The number of piperidine rings is 1. The van der Waals surface area contributed by atoms with Gasteiger partial charge in [-0.25, -0.2) is 0 Å². The molecule has 3 nitrogen and oxygen atoms in total. The zero-order valence-corrected chi connectivity index (χ0v) is 12.9. The lowest BCUT2D eigenvalue weighted by Crippen LogP contribution is -2.41. The summed E-state index contributed by atoms with van der Waals surface area (Å²) in [5.74, 6) is 0.832. The minimum atomic E-state index is 0.268. The van der Waals surface area contributed by atoms with E-state index in [9.17, 15) is 4.79 Å². The highest BCUT2D eigenvalue weighted by Gasteiger charge is 2.23. The predicted molar refractivity (Wildman–Crippen MR) is 85.3 cm³/mol. The van der Waals surface area contributed by atoms with Crippen LogP contribution in [-0.4, -0.2) is 28.9 Å². The number of nitrogens with zero attached hydrogens (tertiary/aromatic N) is 2. The first-order chi connectivity index (χ1) is 10.3. The van der Waals surface area contributed by atoms with Gasteiger partial charge in [0.1, 0.15) is 0 Å². The lowest BCUT2D eigenvalue weighted by atomic mass is 9.91. The van der Waals surface area contributed by atoms with Gasteiger partial charge in [-0.2, -0.15) is 11.3 Å². The van der Waals surface area contributed by atoms with Crippen molar-refractivity contribution < 1.29 is 4.79 Å². The van der Waals surface area contributed by atoms with Crippen LogP contribution in [0.3, 0.4) is 0 Å². The molecule has 21 heavy (non-hydrogen) atoms. The normalized spacial score (nSPS) is 18.7. The fourth-order valence-electron chi connectivity index (χ4n) is 2.99. The van der Waals surface area contributed by atoms with Gasteiger partial charge in [0, 0.05) is 25.5 Å². The van der Waals surface area contributed by atoms with Crippen molar-refractivity contribution in [2.45, 2.75) is 25.7 Å². The van der Waals surface area contributed by atoms with E-state index in [1.54, 1.807) is 17.5 Å². The van der Waals surface area contributed by atoms with Gasteiger partial charge in [-0.3, -0.25) is 9.78 Å². The first-order valence-electron chi connectivity index (χ1n) is 7.49. The van der Waals surface area contributed by atoms with E-state index in [4.69, 9.17) is 0 Å². The Morgan fingerprint density at radius 2 is 2.33 bits per heavy atom. The fraction of sp³-hybridized carbons (Fsp3) is 0.412. The number of likely N-dealkylation sites (tertiary alicyclic amines) is 1. The third kappa shape index (κ3) is 3.91. The van der Waals surface area contributed by atoms with E-state index in [1.165, 1.54) is 12.0 Å². The van der Waals surface area contributed by atoms with Gasteiger partial charge in [0.25, 0.3) is 0 Å². The summed E-state index contributed by atoms with van der Waals surface area (Å²) < 4.78 is 0. The average molecular weight is 300 g/mol. The van der Waals surface area contributed by atoms with Crippen molar-refractivity contribution in [2.75, 3.05) is 13.1 Å². The lowest BCUT2D eigenvalue weighted by Gasteiger charge is -2.33. The zero-order valence-electron chi connectivity index (χ0n) is 12.1. The van der Waals surface area contributed by atoms with Crippen molar-refractivity contribution in [1.29, 1.82) is 0 Å². The Kier molecular flexibility index (Phi) is 4.65. The third-order valence-corrected chi connectivity index (χ3v) is 4.79. The average Bonchev–Trinajstić information content (AvgIpc) is 3.01. The number of thiophene rings is 1. The molecule has 1 aliphatic heterocycles. The van der Waals surface area contributed by atoms with Crippen LogP contribution in [0.15, 0.2) is 41.4 Å². The lowest BCUT2D eigenvalue weighted by molar-refractivity contribution is -0.132. The van der Waals surface area contributed by atoms with E-state index in [0.29, 0.717) is 12.3 Å². The van der Waals surface area contributed by atoms with Crippen LogP contribution < -0.4 is 0 Å². The SMILES string of the molecule is O=C(Cc1ccsc1)N1CCC[C@@H](Cc2cccnc2)C1. The topological polar surface area (TPSA) is 33.2 Å². The number of hydrogen-bond donors (Lipinski definition) is 0. The van der Waals surface area contributed by atoms with Crippen molar-refractivity contribution in [3.05, 3.63) is 52.5 Å². The molecule has 0 spiro atoms. The van der Waals surface area contributed by atoms with Crippen LogP contribution in [0, 0.1) is 5.92 Å². The van der Waals surface area contributed by atoms with Crippen LogP contribution in [0.1, 0.15) is 24.0 Å². The van der Waals surface area contributed by atoms with Gasteiger partial charge >= 0.3 is 0 Å². The van der Waals surface area contributed by atoms with E-state index >= 15 is 0 Å². The Balaban J connectivity index is 1.56. The first-order valence-corrected chi connectivity index (χ1v) is 8.43. The van der Waals surface area contributed by atoms with Crippen molar-refractivity contribution in [3.63, 3.8) is 0 Å². The standard InChI is InChI=1S/C17H20N2OS/c20-17(10-16-5-8-21-13-16)19-7-2-4-15(12-19)9-14-3-1-6-18-11-14/h1,3,5-6,8,11,13,15H,2,4,7,9-10,12H2/t15-/m0/s1. The molecule has 1 fully saturated rings. The molecule has 0 saturated carbocycles. The number of carbonyl (C=O) groups is 1. The minimum absolute atomic E-state index is 0.268. The summed E-state index contributed by atoms with van der Waals surface area (Å²) in [5.41, 5.74) is 2.41. The van der Waals surface area contributed by atoms with Crippen LogP contribution in [0.2, 0.25) is 0 Å². The van der Waals surface area contributed by atoms with Gasteiger partial charge in [0.2, 0.25) is 5.91 Å². The summed E-state index contributed by atoms with van der Waals surface area (Å²) >= 11 is 1.65. The van der Waals surface area contributed by atoms with Gasteiger partial charge < -0.3 is 4.90 Å². The second kappa shape index (κ2) is 6.85. The second-order valence-corrected chi connectivity index (χ2v) is 6.50. The summed E-state index contributed by atoms with van der Waals surface area (Å²) in [6.45, 7) is 1.80. The van der Waals surface area contributed by atoms with Crippen LogP contribution in [0.4, 0.5) is 0 Å². The molecule has 4 heteroatoms. The summed E-state index contributed by atoms with van der Waals surface area (Å²) in [6.07, 6.45) is 7.63. The van der Waals surface area contributed by atoms with Crippen molar-refractivity contribution in [1.82, 2.24) is 9.88 Å². The van der Waals surface area contributed by atoms with Gasteiger partial charge in [0.05, 0.1) is 6.42 Å². The molecule has 1 aliphatic rings. The highest BCUT2D eigenvalue weighted by molar-refractivity contribution is 7.07. The second-order valence-electron chi connectivity index (χ2n) is 5.72. The van der Waals surface area contributed by atoms with E-state index < -0.39 is 0 Å². The largest absolute Gasteiger partial charge is 0.342 e. The van der Waals surface area contributed by atoms with Gasteiger partial charge in [-0.1, -0.05) is 6.07 Å².